The van der Waals surface area contributed by atoms with Crippen molar-refractivity contribution in [3.8, 4) is 0 Å². The highest BCUT2D eigenvalue weighted by molar-refractivity contribution is 4.72. The molecule has 16 heavy (non-hydrogen) atoms. The standard InChI is InChI=1S/C14H29NO/c1-12(10-15-14(2,3)4)11-16-9-8-13-6-5-7-13/h12-13,15H,5-11H2,1-4H3. The van der Waals surface area contributed by atoms with Gasteiger partial charge in [-0.25, -0.2) is 0 Å². The van der Waals surface area contributed by atoms with Crippen molar-refractivity contribution in [3.05, 3.63) is 0 Å². The summed E-state index contributed by atoms with van der Waals surface area (Å²) in [4.78, 5) is 0. The van der Waals surface area contributed by atoms with Crippen molar-refractivity contribution in [2.24, 2.45) is 11.8 Å². The number of hydrogen-bond acceptors (Lipinski definition) is 2. The largest absolute Gasteiger partial charge is 0.381 e. The average Bonchev–Trinajstić information content (AvgIpc) is 2.10. The Morgan fingerprint density at radius 2 is 2.00 bits per heavy atom. The molecule has 1 rings (SSSR count). The second kappa shape index (κ2) is 6.61. The lowest BCUT2D eigenvalue weighted by atomic mass is 9.83. The Hall–Kier alpha value is -0.0800. The van der Waals surface area contributed by atoms with Gasteiger partial charge < -0.3 is 10.1 Å². The molecule has 0 heterocycles. The molecule has 0 aliphatic heterocycles. The van der Waals surface area contributed by atoms with Crippen LogP contribution in [0.25, 0.3) is 0 Å². The summed E-state index contributed by atoms with van der Waals surface area (Å²) in [5.74, 6) is 1.59. The molecule has 1 atom stereocenters. The summed E-state index contributed by atoms with van der Waals surface area (Å²) in [5, 5.41) is 3.51. The van der Waals surface area contributed by atoms with Crippen LogP contribution in [0.2, 0.25) is 0 Å². The van der Waals surface area contributed by atoms with Gasteiger partial charge in [0, 0.05) is 18.7 Å². The first kappa shape index (κ1) is 14.0. The minimum absolute atomic E-state index is 0.222. The lowest BCUT2D eigenvalue weighted by Crippen LogP contribution is -2.39. The summed E-state index contributed by atoms with van der Waals surface area (Å²) in [6.07, 6.45) is 5.59. The van der Waals surface area contributed by atoms with E-state index in [1.54, 1.807) is 0 Å². The van der Waals surface area contributed by atoms with Crippen LogP contribution in [0.1, 0.15) is 53.4 Å². The van der Waals surface area contributed by atoms with Crippen molar-refractivity contribution >= 4 is 0 Å². The summed E-state index contributed by atoms with van der Waals surface area (Å²) < 4.78 is 5.73. The highest BCUT2D eigenvalue weighted by Crippen LogP contribution is 2.29. The second-order valence-corrected chi connectivity index (χ2v) is 6.40. The lowest BCUT2D eigenvalue weighted by Gasteiger charge is -2.26. The van der Waals surface area contributed by atoms with E-state index in [9.17, 15) is 0 Å². The predicted octanol–water partition coefficient (Wildman–Crippen LogP) is 3.22. The molecule has 2 heteroatoms. The molecule has 0 aromatic heterocycles. The van der Waals surface area contributed by atoms with E-state index in [0.717, 1.165) is 25.7 Å². The Morgan fingerprint density at radius 3 is 2.50 bits per heavy atom. The van der Waals surface area contributed by atoms with Gasteiger partial charge in [-0.1, -0.05) is 26.2 Å². The van der Waals surface area contributed by atoms with E-state index in [1.165, 1.54) is 25.7 Å². The summed E-state index contributed by atoms with van der Waals surface area (Å²) in [6.45, 7) is 11.8. The van der Waals surface area contributed by atoms with E-state index in [0.29, 0.717) is 5.92 Å². The van der Waals surface area contributed by atoms with E-state index in [2.05, 4.69) is 33.0 Å². The van der Waals surface area contributed by atoms with Gasteiger partial charge in [0.1, 0.15) is 0 Å². The Morgan fingerprint density at radius 1 is 1.31 bits per heavy atom. The molecule has 96 valence electrons. The van der Waals surface area contributed by atoms with Crippen molar-refractivity contribution in [2.45, 2.75) is 58.9 Å². The van der Waals surface area contributed by atoms with Gasteiger partial charge in [0.25, 0.3) is 0 Å². The van der Waals surface area contributed by atoms with Crippen molar-refractivity contribution in [1.29, 1.82) is 0 Å². The first-order valence-electron chi connectivity index (χ1n) is 6.80. The van der Waals surface area contributed by atoms with Crippen molar-refractivity contribution in [2.75, 3.05) is 19.8 Å². The number of rotatable bonds is 7. The molecule has 1 aliphatic rings. The minimum Gasteiger partial charge on any atom is -0.381 e. The molecule has 1 saturated carbocycles. The van der Waals surface area contributed by atoms with Gasteiger partial charge in [-0.05, 0) is 39.0 Å². The van der Waals surface area contributed by atoms with Gasteiger partial charge in [-0.15, -0.1) is 0 Å². The zero-order valence-electron chi connectivity index (χ0n) is 11.5. The predicted molar refractivity (Wildman–Crippen MR) is 69.7 cm³/mol. The SMILES string of the molecule is CC(CNC(C)(C)C)COCCC1CCC1. The zero-order chi connectivity index (χ0) is 12.0. The molecule has 0 amide bonds. The molecule has 0 radical (unpaired) electrons. The van der Waals surface area contributed by atoms with Crippen LogP contribution < -0.4 is 5.32 Å². The molecule has 1 fully saturated rings. The molecule has 0 spiro atoms. The summed E-state index contributed by atoms with van der Waals surface area (Å²) in [7, 11) is 0. The Bertz CT molecular complexity index is 182. The smallest absolute Gasteiger partial charge is 0.0503 e. The van der Waals surface area contributed by atoms with E-state index in [-0.39, 0.29) is 5.54 Å². The van der Waals surface area contributed by atoms with Gasteiger partial charge in [0.15, 0.2) is 0 Å². The third kappa shape index (κ3) is 6.49. The molecular weight excluding hydrogens is 198 g/mol. The normalized spacial score (nSPS) is 19.5. The van der Waals surface area contributed by atoms with Crippen molar-refractivity contribution in [3.63, 3.8) is 0 Å². The number of ether oxygens (including phenoxy) is 1. The highest BCUT2D eigenvalue weighted by atomic mass is 16.5. The Kier molecular flexibility index (Phi) is 5.77. The van der Waals surface area contributed by atoms with Crippen LogP contribution in [0.15, 0.2) is 0 Å². The van der Waals surface area contributed by atoms with Crippen LogP contribution in [-0.4, -0.2) is 25.3 Å². The monoisotopic (exact) mass is 227 g/mol. The van der Waals surface area contributed by atoms with Gasteiger partial charge >= 0.3 is 0 Å². The Balaban J connectivity index is 1.91. The fourth-order valence-electron chi connectivity index (χ4n) is 1.86. The molecule has 0 bridgehead atoms. The molecular formula is C14H29NO. The lowest BCUT2D eigenvalue weighted by molar-refractivity contribution is 0.0815. The second-order valence-electron chi connectivity index (χ2n) is 6.40. The average molecular weight is 227 g/mol. The van der Waals surface area contributed by atoms with Crippen LogP contribution in [0.3, 0.4) is 0 Å². The maximum Gasteiger partial charge on any atom is 0.0503 e. The fourth-order valence-corrected chi connectivity index (χ4v) is 1.86. The third-order valence-electron chi connectivity index (χ3n) is 3.28. The number of nitrogens with one attached hydrogen (secondary N) is 1. The molecule has 1 N–H and O–H groups in total. The van der Waals surface area contributed by atoms with Gasteiger partial charge in [-0.3, -0.25) is 0 Å². The van der Waals surface area contributed by atoms with Crippen LogP contribution in [0.4, 0.5) is 0 Å². The molecule has 1 unspecified atom stereocenters. The minimum atomic E-state index is 0.222. The first-order chi connectivity index (χ1) is 7.47. The quantitative estimate of drug-likeness (QED) is 0.674. The number of hydrogen-bond donors (Lipinski definition) is 1. The summed E-state index contributed by atoms with van der Waals surface area (Å²) in [5.41, 5.74) is 0.222. The molecule has 0 aromatic rings. The fraction of sp³-hybridized carbons (Fsp3) is 1.00. The van der Waals surface area contributed by atoms with E-state index >= 15 is 0 Å². The Labute approximate surface area is 101 Å². The maximum atomic E-state index is 5.73. The maximum absolute atomic E-state index is 5.73. The molecule has 1 aliphatic carbocycles. The van der Waals surface area contributed by atoms with Crippen LogP contribution in [-0.2, 0) is 4.74 Å². The van der Waals surface area contributed by atoms with Crippen LogP contribution in [0.5, 0.6) is 0 Å². The summed E-state index contributed by atoms with van der Waals surface area (Å²) >= 11 is 0. The topological polar surface area (TPSA) is 21.3 Å². The molecule has 0 saturated heterocycles. The van der Waals surface area contributed by atoms with E-state index in [4.69, 9.17) is 4.74 Å². The van der Waals surface area contributed by atoms with Gasteiger partial charge in [0.2, 0.25) is 0 Å². The highest BCUT2D eigenvalue weighted by Gasteiger charge is 2.17. The van der Waals surface area contributed by atoms with Crippen molar-refractivity contribution < 1.29 is 4.74 Å². The van der Waals surface area contributed by atoms with E-state index in [1.807, 2.05) is 0 Å². The third-order valence-corrected chi connectivity index (χ3v) is 3.28. The van der Waals surface area contributed by atoms with E-state index < -0.39 is 0 Å². The molecule has 0 aromatic carbocycles. The first-order valence-corrected chi connectivity index (χ1v) is 6.80. The zero-order valence-corrected chi connectivity index (χ0v) is 11.5. The van der Waals surface area contributed by atoms with Crippen LogP contribution >= 0.6 is 0 Å². The van der Waals surface area contributed by atoms with Crippen LogP contribution in [0, 0.1) is 11.8 Å². The molecule has 2 nitrogen and oxygen atoms in total. The van der Waals surface area contributed by atoms with Gasteiger partial charge in [-0.2, -0.15) is 0 Å². The van der Waals surface area contributed by atoms with Crippen molar-refractivity contribution in [1.82, 2.24) is 5.32 Å². The van der Waals surface area contributed by atoms with Gasteiger partial charge in [0.05, 0.1) is 6.61 Å². The summed E-state index contributed by atoms with van der Waals surface area (Å²) in [6, 6.07) is 0.